The van der Waals surface area contributed by atoms with Gasteiger partial charge in [0, 0.05) is 18.0 Å². The highest BCUT2D eigenvalue weighted by atomic mass is 32.1. The number of fused-ring (bicyclic) bond motifs is 1. The van der Waals surface area contributed by atoms with Crippen molar-refractivity contribution in [2.24, 2.45) is 0 Å². The number of aromatic nitrogens is 1. The molecule has 108 valence electrons. The van der Waals surface area contributed by atoms with E-state index in [0.29, 0.717) is 5.92 Å². The molecule has 3 nitrogen and oxygen atoms in total. The number of thiophene rings is 1. The zero-order valence-electron chi connectivity index (χ0n) is 11.9. The van der Waals surface area contributed by atoms with Gasteiger partial charge in [-0.2, -0.15) is 0 Å². The van der Waals surface area contributed by atoms with E-state index in [-0.39, 0.29) is 6.61 Å². The third kappa shape index (κ3) is 2.50. The smallest absolute Gasteiger partial charge is 0.186 e. The molecule has 0 aliphatic carbocycles. The zero-order chi connectivity index (χ0) is 14.1. The van der Waals surface area contributed by atoms with Crippen LogP contribution in [0.3, 0.4) is 0 Å². The van der Waals surface area contributed by atoms with Gasteiger partial charge in [-0.05, 0) is 35.8 Å². The maximum atomic E-state index is 9.55. The van der Waals surface area contributed by atoms with Gasteiger partial charge in [0.1, 0.15) is 0 Å². The van der Waals surface area contributed by atoms with E-state index in [1.807, 2.05) is 11.3 Å². The van der Waals surface area contributed by atoms with Crippen molar-refractivity contribution in [3.05, 3.63) is 32.5 Å². The first kappa shape index (κ1) is 14.0. The number of aliphatic hydroxyl groups excluding tert-OH is 1. The summed E-state index contributed by atoms with van der Waals surface area (Å²) in [5.41, 5.74) is 2.53. The maximum Gasteiger partial charge on any atom is 0.186 e. The highest BCUT2D eigenvalue weighted by Gasteiger charge is 2.23. The summed E-state index contributed by atoms with van der Waals surface area (Å²) in [5, 5.41) is 12.8. The minimum absolute atomic E-state index is 0.106. The molecule has 0 saturated carbocycles. The molecule has 0 radical (unpaired) electrons. The molecule has 1 N–H and O–H groups in total. The standard InChI is InChI=1S/C15H20N2OS2/c1-3-10(2)14-13(9-18)20-15(16-14)17-6-4-12-11(8-17)5-7-19-12/h5,7,10,18H,3-4,6,8-9H2,1-2H3. The molecule has 3 heterocycles. The molecule has 0 spiro atoms. The second-order valence-electron chi connectivity index (χ2n) is 5.31. The molecule has 0 bridgehead atoms. The lowest BCUT2D eigenvalue weighted by molar-refractivity contribution is 0.283. The van der Waals surface area contributed by atoms with Gasteiger partial charge in [0.15, 0.2) is 5.13 Å². The van der Waals surface area contributed by atoms with Crippen molar-refractivity contribution in [2.75, 3.05) is 11.4 Å². The SMILES string of the molecule is CCC(C)c1nc(N2CCc3sccc3C2)sc1CO. The van der Waals surface area contributed by atoms with Gasteiger partial charge >= 0.3 is 0 Å². The Kier molecular flexibility index (Phi) is 4.10. The number of aliphatic hydroxyl groups is 1. The van der Waals surface area contributed by atoms with Gasteiger partial charge < -0.3 is 10.0 Å². The van der Waals surface area contributed by atoms with Gasteiger partial charge in [0.25, 0.3) is 0 Å². The third-order valence-electron chi connectivity index (χ3n) is 4.02. The zero-order valence-corrected chi connectivity index (χ0v) is 13.6. The van der Waals surface area contributed by atoms with E-state index in [9.17, 15) is 5.11 Å². The number of nitrogens with zero attached hydrogens (tertiary/aromatic N) is 2. The van der Waals surface area contributed by atoms with Crippen LogP contribution in [-0.4, -0.2) is 16.6 Å². The van der Waals surface area contributed by atoms with Crippen LogP contribution in [0.15, 0.2) is 11.4 Å². The lowest BCUT2D eigenvalue weighted by Gasteiger charge is -2.26. The summed E-state index contributed by atoms with van der Waals surface area (Å²) in [4.78, 5) is 9.72. The van der Waals surface area contributed by atoms with Crippen LogP contribution in [0, 0.1) is 0 Å². The van der Waals surface area contributed by atoms with Crippen molar-refractivity contribution in [1.29, 1.82) is 0 Å². The van der Waals surface area contributed by atoms with Crippen molar-refractivity contribution in [3.8, 4) is 0 Å². The predicted molar refractivity (Wildman–Crippen MR) is 85.8 cm³/mol. The fourth-order valence-electron chi connectivity index (χ4n) is 2.59. The fourth-order valence-corrected chi connectivity index (χ4v) is 4.54. The molecule has 3 rings (SSSR count). The summed E-state index contributed by atoms with van der Waals surface area (Å²) in [6.45, 7) is 6.45. The summed E-state index contributed by atoms with van der Waals surface area (Å²) in [6.07, 6.45) is 2.17. The van der Waals surface area contributed by atoms with Gasteiger partial charge in [-0.1, -0.05) is 25.2 Å². The Balaban J connectivity index is 1.86. The molecule has 5 heteroatoms. The summed E-state index contributed by atoms with van der Waals surface area (Å²) < 4.78 is 0. The second-order valence-corrected chi connectivity index (χ2v) is 7.38. The highest BCUT2D eigenvalue weighted by molar-refractivity contribution is 7.15. The highest BCUT2D eigenvalue weighted by Crippen LogP contribution is 2.35. The van der Waals surface area contributed by atoms with Crippen molar-refractivity contribution in [1.82, 2.24) is 4.98 Å². The Bertz CT molecular complexity index is 590. The topological polar surface area (TPSA) is 36.4 Å². The quantitative estimate of drug-likeness (QED) is 0.934. The molecule has 20 heavy (non-hydrogen) atoms. The summed E-state index contributed by atoms with van der Waals surface area (Å²) in [5.74, 6) is 0.420. The van der Waals surface area contributed by atoms with E-state index in [2.05, 4.69) is 30.2 Å². The van der Waals surface area contributed by atoms with Gasteiger partial charge in [0.05, 0.1) is 17.2 Å². The first-order valence-electron chi connectivity index (χ1n) is 7.13. The average molecular weight is 308 g/mol. The van der Waals surface area contributed by atoms with E-state index in [1.54, 1.807) is 11.3 Å². The van der Waals surface area contributed by atoms with Crippen molar-refractivity contribution >= 4 is 27.8 Å². The second kappa shape index (κ2) is 5.84. The number of rotatable bonds is 4. The predicted octanol–water partition coefficient (Wildman–Crippen LogP) is 3.77. The molecule has 0 amide bonds. The Morgan fingerprint density at radius 1 is 1.50 bits per heavy atom. The first-order chi connectivity index (χ1) is 9.72. The van der Waals surface area contributed by atoms with Crippen molar-refractivity contribution < 1.29 is 5.11 Å². The Morgan fingerprint density at radius 2 is 2.35 bits per heavy atom. The Labute approximate surface area is 127 Å². The van der Waals surface area contributed by atoms with Crippen LogP contribution in [0.1, 0.15) is 47.2 Å². The van der Waals surface area contributed by atoms with Crippen molar-refractivity contribution in [2.45, 2.75) is 45.8 Å². The fraction of sp³-hybridized carbons (Fsp3) is 0.533. The van der Waals surface area contributed by atoms with Crippen LogP contribution in [0.2, 0.25) is 0 Å². The average Bonchev–Trinajstić information content (AvgIpc) is 3.11. The van der Waals surface area contributed by atoms with Crippen LogP contribution in [0.4, 0.5) is 5.13 Å². The van der Waals surface area contributed by atoms with E-state index in [0.717, 1.165) is 41.6 Å². The lowest BCUT2D eigenvalue weighted by Crippen LogP contribution is -2.29. The number of hydrogen-bond donors (Lipinski definition) is 1. The van der Waals surface area contributed by atoms with E-state index >= 15 is 0 Å². The van der Waals surface area contributed by atoms with E-state index < -0.39 is 0 Å². The van der Waals surface area contributed by atoms with E-state index in [1.165, 1.54) is 10.4 Å². The molecule has 1 aliphatic heterocycles. The molecule has 1 aliphatic rings. The molecule has 0 saturated heterocycles. The molecule has 0 aromatic carbocycles. The minimum atomic E-state index is 0.106. The first-order valence-corrected chi connectivity index (χ1v) is 8.83. The Morgan fingerprint density at radius 3 is 3.10 bits per heavy atom. The molecule has 1 atom stereocenters. The molecular weight excluding hydrogens is 288 g/mol. The molecule has 1 unspecified atom stereocenters. The van der Waals surface area contributed by atoms with Gasteiger partial charge in [0.2, 0.25) is 0 Å². The van der Waals surface area contributed by atoms with Crippen LogP contribution in [0.5, 0.6) is 0 Å². The summed E-state index contributed by atoms with van der Waals surface area (Å²) in [6, 6.07) is 2.22. The largest absolute Gasteiger partial charge is 0.391 e. The van der Waals surface area contributed by atoms with Gasteiger partial charge in [-0.3, -0.25) is 0 Å². The Hall–Kier alpha value is -0.910. The molecular formula is C15H20N2OS2. The van der Waals surface area contributed by atoms with E-state index in [4.69, 9.17) is 4.98 Å². The molecule has 2 aromatic rings. The third-order valence-corrected chi connectivity index (χ3v) is 6.16. The lowest BCUT2D eigenvalue weighted by atomic mass is 10.0. The van der Waals surface area contributed by atoms with Gasteiger partial charge in [-0.25, -0.2) is 4.98 Å². The van der Waals surface area contributed by atoms with Gasteiger partial charge in [-0.15, -0.1) is 11.3 Å². The number of anilines is 1. The van der Waals surface area contributed by atoms with Crippen LogP contribution < -0.4 is 4.90 Å². The summed E-state index contributed by atoms with van der Waals surface area (Å²) >= 11 is 3.52. The monoisotopic (exact) mass is 308 g/mol. The number of thiazole rings is 1. The molecule has 2 aromatic heterocycles. The normalized spacial score (nSPS) is 16.2. The maximum absolute atomic E-state index is 9.55. The summed E-state index contributed by atoms with van der Waals surface area (Å²) in [7, 11) is 0. The molecule has 0 fully saturated rings. The van der Waals surface area contributed by atoms with Crippen LogP contribution >= 0.6 is 22.7 Å². The van der Waals surface area contributed by atoms with Crippen molar-refractivity contribution in [3.63, 3.8) is 0 Å². The van der Waals surface area contributed by atoms with Crippen LogP contribution in [0.25, 0.3) is 0 Å². The van der Waals surface area contributed by atoms with Crippen LogP contribution in [-0.2, 0) is 19.6 Å². The minimum Gasteiger partial charge on any atom is -0.391 e. The number of hydrogen-bond acceptors (Lipinski definition) is 5.